The van der Waals surface area contributed by atoms with Crippen molar-refractivity contribution in [2.75, 3.05) is 20.2 Å². The van der Waals surface area contributed by atoms with Gasteiger partial charge in [-0.05, 0) is 64.2 Å². The number of nitrogens with zero attached hydrogens (tertiary/aromatic N) is 1. The molecule has 1 atom stereocenters. The normalized spacial score (nSPS) is 19.0. The maximum Gasteiger partial charge on any atom is 0.410 e. The van der Waals surface area contributed by atoms with Crippen LogP contribution in [0.2, 0.25) is 0 Å². The van der Waals surface area contributed by atoms with Crippen molar-refractivity contribution in [3.8, 4) is 0 Å². The van der Waals surface area contributed by atoms with E-state index in [1.807, 2.05) is 32.9 Å². The third-order valence-corrected chi connectivity index (χ3v) is 5.30. The van der Waals surface area contributed by atoms with Gasteiger partial charge in [0.05, 0.1) is 5.60 Å². The Morgan fingerprint density at radius 3 is 2.12 bits per heavy atom. The Hall–Kier alpha value is -1.07. The van der Waals surface area contributed by atoms with Gasteiger partial charge in [0, 0.05) is 24.7 Å². The second-order valence-corrected chi connectivity index (χ2v) is 8.48. The van der Waals surface area contributed by atoms with Gasteiger partial charge in [-0.2, -0.15) is 0 Å². The Kier molecular flexibility index (Phi) is 5.97. The minimum Gasteiger partial charge on any atom is -0.444 e. The molecule has 0 saturated carbocycles. The number of methoxy groups -OCH3 is 1. The summed E-state index contributed by atoms with van der Waals surface area (Å²) in [7, 11) is 1.77. The van der Waals surface area contributed by atoms with Gasteiger partial charge in [0.1, 0.15) is 5.60 Å². The summed E-state index contributed by atoms with van der Waals surface area (Å²) < 4.78 is 12.5. The van der Waals surface area contributed by atoms with E-state index in [-0.39, 0.29) is 11.7 Å². The highest BCUT2D eigenvalue weighted by Gasteiger charge is 2.39. The zero-order valence-corrected chi connectivity index (χ0v) is 16.9. The lowest BCUT2D eigenvalue weighted by Crippen LogP contribution is -2.46. The van der Waals surface area contributed by atoms with E-state index in [1.54, 1.807) is 12.0 Å². The minimum atomic E-state index is -0.452. The van der Waals surface area contributed by atoms with Gasteiger partial charge in [0.2, 0.25) is 0 Å². The van der Waals surface area contributed by atoms with Crippen LogP contribution in [-0.4, -0.2) is 36.8 Å². The van der Waals surface area contributed by atoms with Gasteiger partial charge < -0.3 is 14.4 Å². The molecular weight excluding hydrogens is 370 g/mol. The van der Waals surface area contributed by atoms with Crippen LogP contribution < -0.4 is 0 Å². The third kappa shape index (κ3) is 4.51. The topological polar surface area (TPSA) is 38.8 Å². The first-order valence-corrected chi connectivity index (χ1v) is 9.24. The van der Waals surface area contributed by atoms with Crippen LogP contribution >= 0.6 is 15.9 Å². The standard InChI is InChI=1S/C19H28BrNO3/c1-18(2,3)24-17(22)21-12-10-15(11-13-21)19(4,23-5)14-6-8-16(20)9-7-14/h6-9,15H,10-13H2,1-5H3. The van der Waals surface area contributed by atoms with Crippen LogP contribution in [-0.2, 0) is 15.1 Å². The van der Waals surface area contributed by atoms with Crippen LogP contribution in [0.15, 0.2) is 28.7 Å². The number of amides is 1. The highest BCUT2D eigenvalue weighted by Crippen LogP contribution is 2.39. The van der Waals surface area contributed by atoms with Gasteiger partial charge in [-0.3, -0.25) is 0 Å². The smallest absolute Gasteiger partial charge is 0.410 e. The lowest BCUT2D eigenvalue weighted by atomic mass is 9.77. The predicted octanol–water partition coefficient (Wildman–Crippen LogP) is 4.96. The van der Waals surface area contributed by atoms with Crippen LogP contribution in [0.3, 0.4) is 0 Å². The van der Waals surface area contributed by atoms with Gasteiger partial charge in [0.25, 0.3) is 0 Å². The molecule has 1 aliphatic rings. The van der Waals surface area contributed by atoms with Crippen molar-refractivity contribution >= 4 is 22.0 Å². The number of carbonyl (C=O) groups excluding carboxylic acids is 1. The van der Waals surface area contributed by atoms with Crippen molar-refractivity contribution in [2.24, 2.45) is 5.92 Å². The van der Waals surface area contributed by atoms with Gasteiger partial charge in [-0.1, -0.05) is 28.1 Å². The second kappa shape index (κ2) is 7.44. The molecule has 1 aliphatic heterocycles. The summed E-state index contributed by atoms with van der Waals surface area (Å²) in [5.74, 6) is 0.363. The molecule has 0 N–H and O–H groups in total. The molecule has 24 heavy (non-hydrogen) atoms. The number of halogens is 1. The molecule has 1 heterocycles. The Balaban J connectivity index is 2.04. The first-order chi connectivity index (χ1) is 11.2. The molecule has 4 nitrogen and oxygen atoms in total. The molecule has 1 aromatic rings. The summed E-state index contributed by atoms with van der Waals surface area (Å²) in [5, 5.41) is 0. The maximum atomic E-state index is 12.2. The number of carbonyl (C=O) groups is 1. The van der Waals surface area contributed by atoms with Crippen molar-refractivity contribution in [1.29, 1.82) is 0 Å². The maximum absolute atomic E-state index is 12.2. The molecule has 0 radical (unpaired) electrons. The lowest BCUT2D eigenvalue weighted by molar-refractivity contribution is -0.0697. The molecule has 0 aromatic heterocycles. The van der Waals surface area contributed by atoms with Crippen molar-refractivity contribution in [3.05, 3.63) is 34.3 Å². The Bertz CT molecular complexity index is 559. The highest BCUT2D eigenvalue weighted by atomic mass is 79.9. The molecule has 1 aromatic carbocycles. The van der Waals surface area contributed by atoms with E-state index in [0.29, 0.717) is 19.0 Å². The molecular formula is C19H28BrNO3. The molecule has 0 aliphatic carbocycles. The van der Waals surface area contributed by atoms with Crippen molar-refractivity contribution in [3.63, 3.8) is 0 Å². The van der Waals surface area contributed by atoms with E-state index in [0.717, 1.165) is 17.3 Å². The molecule has 134 valence electrons. The summed E-state index contributed by atoms with van der Waals surface area (Å²) in [5.41, 5.74) is 0.372. The van der Waals surface area contributed by atoms with Gasteiger partial charge in [0.15, 0.2) is 0 Å². The first kappa shape index (κ1) is 19.3. The zero-order chi connectivity index (χ0) is 18.0. The monoisotopic (exact) mass is 397 g/mol. The SMILES string of the molecule is COC(C)(c1ccc(Br)cc1)C1CCN(C(=O)OC(C)(C)C)CC1. The molecule has 5 heteroatoms. The number of hydrogen-bond acceptors (Lipinski definition) is 3. The number of ether oxygens (including phenoxy) is 2. The van der Waals surface area contributed by atoms with Crippen LogP contribution in [0.25, 0.3) is 0 Å². The fourth-order valence-corrected chi connectivity index (χ4v) is 3.50. The van der Waals surface area contributed by atoms with E-state index in [1.165, 1.54) is 5.56 Å². The molecule has 1 amide bonds. The summed E-state index contributed by atoms with van der Waals surface area (Å²) in [4.78, 5) is 14.0. The van der Waals surface area contributed by atoms with Crippen molar-refractivity contribution < 1.29 is 14.3 Å². The van der Waals surface area contributed by atoms with E-state index in [4.69, 9.17) is 9.47 Å². The number of hydrogen-bond donors (Lipinski definition) is 0. The average Bonchev–Trinajstić information content (AvgIpc) is 2.53. The lowest BCUT2D eigenvalue weighted by Gasteiger charge is -2.42. The fourth-order valence-electron chi connectivity index (χ4n) is 3.24. The predicted molar refractivity (Wildman–Crippen MR) is 99.0 cm³/mol. The van der Waals surface area contributed by atoms with E-state index < -0.39 is 5.60 Å². The summed E-state index contributed by atoms with van der Waals surface area (Å²) in [6.07, 6.45) is 1.59. The Morgan fingerprint density at radius 2 is 1.67 bits per heavy atom. The highest BCUT2D eigenvalue weighted by molar-refractivity contribution is 9.10. The fraction of sp³-hybridized carbons (Fsp3) is 0.632. The van der Waals surface area contributed by atoms with E-state index >= 15 is 0 Å². The van der Waals surface area contributed by atoms with E-state index in [2.05, 4.69) is 35.0 Å². The van der Waals surface area contributed by atoms with E-state index in [9.17, 15) is 4.79 Å². The average molecular weight is 398 g/mol. The molecule has 1 saturated heterocycles. The molecule has 0 bridgehead atoms. The quantitative estimate of drug-likeness (QED) is 0.723. The number of rotatable bonds is 3. The van der Waals surface area contributed by atoms with Gasteiger partial charge >= 0.3 is 6.09 Å². The second-order valence-electron chi connectivity index (χ2n) is 7.56. The van der Waals surface area contributed by atoms with Crippen LogP contribution in [0.4, 0.5) is 4.79 Å². The van der Waals surface area contributed by atoms with Crippen LogP contribution in [0, 0.1) is 5.92 Å². The number of piperidine rings is 1. The summed E-state index contributed by atoms with van der Waals surface area (Å²) in [6, 6.07) is 8.30. The molecule has 2 rings (SSSR count). The third-order valence-electron chi connectivity index (χ3n) is 4.77. The Morgan fingerprint density at radius 1 is 1.12 bits per heavy atom. The molecule has 0 spiro atoms. The summed E-state index contributed by atoms with van der Waals surface area (Å²) in [6.45, 7) is 9.24. The number of likely N-dealkylation sites (tertiary alicyclic amines) is 1. The summed E-state index contributed by atoms with van der Waals surface area (Å²) >= 11 is 3.48. The molecule has 1 unspecified atom stereocenters. The van der Waals surface area contributed by atoms with Crippen LogP contribution in [0.1, 0.15) is 46.1 Å². The first-order valence-electron chi connectivity index (χ1n) is 8.45. The zero-order valence-electron chi connectivity index (χ0n) is 15.3. The largest absolute Gasteiger partial charge is 0.444 e. The van der Waals surface area contributed by atoms with Gasteiger partial charge in [-0.25, -0.2) is 4.79 Å². The van der Waals surface area contributed by atoms with Crippen molar-refractivity contribution in [2.45, 2.75) is 51.7 Å². The van der Waals surface area contributed by atoms with Crippen molar-refractivity contribution in [1.82, 2.24) is 4.90 Å². The van der Waals surface area contributed by atoms with Crippen LogP contribution in [0.5, 0.6) is 0 Å². The van der Waals surface area contributed by atoms with Gasteiger partial charge in [-0.15, -0.1) is 0 Å². The minimum absolute atomic E-state index is 0.219. The number of benzene rings is 1. The Labute approximate surface area is 153 Å². The molecule has 1 fully saturated rings.